The van der Waals surface area contributed by atoms with E-state index in [1.807, 2.05) is 6.92 Å². The van der Waals surface area contributed by atoms with Crippen LogP contribution in [0.4, 0.5) is 4.39 Å². The van der Waals surface area contributed by atoms with Crippen LogP contribution in [0, 0.1) is 26.6 Å². The Kier molecular flexibility index (Phi) is 4.63. The lowest BCUT2D eigenvalue weighted by atomic mass is 10.0. The molecule has 0 aliphatic rings. The summed E-state index contributed by atoms with van der Waals surface area (Å²) in [7, 11) is 0. The van der Waals surface area contributed by atoms with Crippen molar-refractivity contribution in [3.63, 3.8) is 0 Å². The van der Waals surface area contributed by atoms with Crippen LogP contribution in [0.2, 0.25) is 0 Å². The molecule has 0 saturated heterocycles. The topological polar surface area (TPSA) is 35.2 Å². The largest absolute Gasteiger partial charge is 0.489 e. The molecule has 0 radical (unpaired) electrons. The minimum atomic E-state index is -0.294. The number of hydrogen-bond acceptors (Lipinski definition) is 2. The lowest BCUT2D eigenvalue weighted by Gasteiger charge is -2.16. The molecule has 112 valence electrons. The Morgan fingerprint density at radius 3 is 2.29 bits per heavy atom. The van der Waals surface area contributed by atoms with Crippen LogP contribution in [0.15, 0.2) is 30.3 Å². The lowest BCUT2D eigenvalue weighted by Crippen LogP contribution is -2.09. The van der Waals surface area contributed by atoms with Crippen LogP contribution in [-0.4, -0.2) is 0 Å². The van der Waals surface area contributed by atoms with Crippen molar-refractivity contribution in [1.82, 2.24) is 0 Å². The van der Waals surface area contributed by atoms with E-state index in [1.54, 1.807) is 6.07 Å². The second kappa shape index (κ2) is 6.27. The number of rotatable bonds is 4. The number of hydrogen-bond donors (Lipinski definition) is 1. The number of halogens is 1. The van der Waals surface area contributed by atoms with Crippen molar-refractivity contribution in [1.29, 1.82) is 0 Å². The fraction of sp³-hybridized carbons (Fsp3) is 0.333. The molecule has 0 aliphatic heterocycles. The summed E-state index contributed by atoms with van der Waals surface area (Å²) < 4.78 is 19.2. The first-order valence-corrected chi connectivity index (χ1v) is 7.13. The third kappa shape index (κ3) is 3.61. The Morgan fingerprint density at radius 1 is 1.10 bits per heavy atom. The zero-order chi connectivity index (χ0) is 15.6. The maximum Gasteiger partial charge on any atom is 0.124 e. The van der Waals surface area contributed by atoms with Gasteiger partial charge in [-0.25, -0.2) is 4.39 Å². The molecule has 0 amide bonds. The third-order valence-electron chi connectivity index (χ3n) is 3.67. The molecule has 0 fully saturated rings. The van der Waals surface area contributed by atoms with E-state index in [2.05, 4.69) is 32.9 Å². The summed E-state index contributed by atoms with van der Waals surface area (Å²) in [5.41, 5.74) is 11.4. The van der Waals surface area contributed by atoms with Gasteiger partial charge in [0.05, 0.1) is 0 Å². The Balaban J connectivity index is 2.25. The highest BCUT2D eigenvalue weighted by Gasteiger charge is 2.11. The van der Waals surface area contributed by atoms with Gasteiger partial charge in [-0.05, 0) is 62.6 Å². The van der Waals surface area contributed by atoms with Gasteiger partial charge in [-0.2, -0.15) is 0 Å². The summed E-state index contributed by atoms with van der Waals surface area (Å²) in [6, 6.07) is 8.50. The maximum atomic E-state index is 13.3. The van der Waals surface area contributed by atoms with E-state index >= 15 is 0 Å². The monoisotopic (exact) mass is 287 g/mol. The quantitative estimate of drug-likeness (QED) is 0.907. The molecule has 0 heterocycles. The van der Waals surface area contributed by atoms with Crippen LogP contribution in [0.25, 0.3) is 0 Å². The summed E-state index contributed by atoms with van der Waals surface area (Å²) in [5.74, 6) is 0.350. The highest BCUT2D eigenvalue weighted by Crippen LogP contribution is 2.26. The van der Waals surface area contributed by atoms with Gasteiger partial charge in [0.1, 0.15) is 18.2 Å². The molecule has 0 aromatic heterocycles. The number of ether oxygens (including phenoxy) is 1. The van der Waals surface area contributed by atoms with Crippen LogP contribution in [0.3, 0.4) is 0 Å². The molecule has 2 N–H and O–H groups in total. The Bertz CT molecular complexity index is 627. The highest BCUT2D eigenvalue weighted by molar-refractivity contribution is 5.39. The van der Waals surface area contributed by atoms with E-state index in [0.717, 1.165) is 0 Å². The Morgan fingerprint density at radius 2 is 1.71 bits per heavy atom. The Hall–Kier alpha value is -1.87. The first-order valence-electron chi connectivity index (χ1n) is 7.13. The van der Waals surface area contributed by atoms with E-state index in [0.29, 0.717) is 17.9 Å². The second-order valence-corrected chi connectivity index (χ2v) is 5.64. The SMILES string of the molecule is Cc1cc(C)c(COc2ccc(F)cc2[C@H](C)N)c(C)c1. The molecule has 21 heavy (non-hydrogen) atoms. The third-order valence-corrected chi connectivity index (χ3v) is 3.67. The zero-order valence-corrected chi connectivity index (χ0v) is 13.0. The van der Waals surface area contributed by atoms with Crippen LogP contribution < -0.4 is 10.5 Å². The van der Waals surface area contributed by atoms with Gasteiger partial charge in [0.25, 0.3) is 0 Å². The van der Waals surface area contributed by atoms with Crippen molar-refractivity contribution in [2.45, 2.75) is 40.3 Å². The number of aryl methyl sites for hydroxylation is 3. The van der Waals surface area contributed by atoms with Crippen LogP contribution in [-0.2, 0) is 6.61 Å². The van der Waals surface area contributed by atoms with Gasteiger partial charge < -0.3 is 10.5 Å². The van der Waals surface area contributed by atoms with Crippen molar-refractivity contribution in [3.05, 3.63) is 64.0 Å². The molecule has 2 aromatic carbocycles. The minimum Gasteiger partial charge on any atom is -0.489 e. The molecule has 1 atom stereocenters. The smallest absolute Gasteiger partial charge is 0.124 e. The van der Waals surface area contributed by atoms with Gasteiger partial charge in [-0.1, -0.05) is 17.7 Å². The molecule has 3 heteroatoms. The van der Waals surface area contributed by atoms with E-state index in [1.165, 1.54) is 34.4 Å². The van der Waals surface area contributed by atoms with Gasteiger partial charge in [0.15, 0.2) is 0 Å². The summed E-state index contributed by atoms with van der Waals surface area (Å²) in [6.45, 7) is 8.53. The van der Waals surface area contributed by atoms with Crippen molar-refractivity contribution < 1.29 is 9.13 Å². The van der Waals surface area contributed by atoms with Gasteiger partial charge in [0, 0.05) is 11.6 Å². The summed E-state index contributed by atoms with van der Waals surface area (Å²) in [6.07, 6.45) is 0. The second-order valence-electron chi connectivity index (χ2n) is 5.64. The molecule has 2 aromatic rings. The van der Waals surface area contributed by atoms with Gasteiger partial charge in [-0.3, -0.25) is 0 Å². The van der Waals surface area contributed by atoms with Gasteiger partial charge in [-0.15, -0.1) is 0 Å². The molecule has 0 spiro atoms. The fourth-order valence-corrected chi connectivity index (χ4v) is 2.59. The minimum absolute atomic E-state index is 0.268. The van der Waals surface area contributed by atoms with E-state index in [-0.39, 0.29) is 11.9 Å². The van der Waals surface area contributed by atoms with Crippen LogP contribution >= 0.6 is 0 Å². The van der Waals surface area contributed by atoms with Crippen molar-refractivity contribution in [2.24, 2.45) is 5.73 Å². The predicted octanol–water partition coefficient (Wildman–Crippen LogP) is 4.35. The van der Waals surface area contributed by atoms with Crippen molar-refractivity contribution in [2.75, 3.05) is 0 Å². The summed E-state index contributed by atoms with van der Waals surface area (Å²) >= 11 is 0. The molecule has 0 unspecified atom stereocenters. The maximum absolute atomic E-state index is 13.3. The Labute approximate surface area is 125 Å². The summed E-state index contributed by atoms with van der Waals surface area (Å²) in [4.78, 5) is 0. The fourth-order valence-electron chi connectivity index (χ4n) is 2.59. The highest BCUT2D eigenvalue weighted by atomic mass is 19.1. The predicted molar refractivity (Wildman–Crippen MR) is 84.0 cm³/mol. The molecule has 0 aliphatic carbocycles. The van der Waals surface area contributed by atoms with Crippen LogP contribution in [0.5, 0.6) is 5.75 Å². The van der Waals surface area contributed by atoms with Gasteiger partial charge in [0.2, 0.25) is 0 Å². The molecule has 0 saturated carbocycles. The molecular weight excluding hydrogens is 265 g/mol. The van der Waals surface area contributed by atoms with Crippen molar-refractivity contribution >= 4 is 0 Å². The number of nitrogens with two attached hydrogens (primary N) is 1. The summed E-state index contributed by atoms with van der Waals surface area (Å²) in [5, 5.41) is 0. The normalized spacial score (nSPS) is 12.3. The average Bonchev–Trinajstić information content (AvgIpc) is 2.38. The van der Waals surface area contributed by atoms with Gasteiger partial charge >= 0.3 is 0 Å². The standard InChI is InChI=1S/C18H22FNO/c1-11-7-12(2)17(13(3)8-11)10-21-18-6-5-15(19)9-16(18)14(4)20/h5-9,14H,10,20H2,1-4H3/t14-/m0/s1. The van der Waals surface area contributed by atoms with E-state index < -0.39 is 0 Å². The average molecular weight is 287 g/mol. The van der Waals surface area contributed by atoms with E-state index in [4.69, 9.17) is 10.5 Å². The first kappa shape index (κ1) is 15.5. The molecular formula is C18H22FNO. The molecule has 2 rings (SSSR count). The zero-order valence-electron chi connectivity index (χ0n) is 13.0. The first-order chi connectivity index (χ1) is 9.88. The lowest BCUT2D eigenvalue weighted by molar-refractivity contribution is 0.299. The molecule has 2 nitrogen and oxygen atoms in total. The number of benzene rings is 2. The van der Waals surface area contributed by atoms with E-state index in [9.17, 15) is 4.39 Å². The van der Waals surface area contributed by atoms with Crippen molar-refractivity contribution in [3.8, 4) is 5.75 Å². The molecule has 0 bridgehead atoms. The van der Waals surface area contributed by atoms with Crippen LogP contribution in [0.1, 0.15) is 40.8 Å².